The van der Waals surface area contributed by atoms with Gasteiger partial charge in [-0.15, -0.1) is 0 Å². The SMILES string of the molecule is O=C(O)c1cc(Cl)cc2ccccc12. The number of carbonyl (C=O) groups is 1. The second kappa shape index (κ2) is 3.31. The van der Waals surface area contributed by atoms with Gasteiger partial charge in [-0.1, -0.05) is 35.9 Å². The van der Waals surface area contributed by atoms with Gasteiger partial charge in [-0.25, -0.2) is 4.79 Å². The van der Waals surface area contributed by atoms with Gasteiger partial charge in [0.05, 0.1) is 5.56 Å². The molecule has 0 radical (unpaired) electrons. The molecular weight excluding hydrogens is 200 g/mol. The molecule has 0 saturated heterocycles. The topological polar surface area (TPSA) is 37.3 Å². The number of benzene rings is 2. The summed E-state index contributed by atoms with van der Waals surface area (Å²) < 4.78 is 0. The molecule has 0 atom stereocenters. The standard InChI is InChI=1S/C11H7ClO2/c12-8-5-7-3-1-2-4-9(7)10(6-8)11(13)14/h1-6H,(H,13,14). The summed E-state index contributed by atoms with van der Waals surface area (Å²) in [6, 6.07) is 10.5. The van der Waals surface area contributed by atoms with Crippen molar-refractivity contribution < 1.29 is 9.90 Å². The Balaban J connectivity index is 2.87. The molecule has 0 bridgehead atoms. The molecule has 2 aromatic carbocycles. The van der Waals surface area contributed by atoms with Crippen molar-refractivity contribution >= 4 is 28.3 Å². The zero-order chi connectivity index (χ0) is 10.1. The predicted octanol–water partition coefficient (Wildman–Crippen LogP) is 3.19. The van der Waals surface area contributed by atoms with Crippen molar-refractivity contribution in [3.63, 3.8) is 0 Å². The lowest BCUT2D eigenvalue weighted by molar-refractivity contribution is 0.0699. The van der Waals surface area contributed by atoms with Gasteiger partial charge in [0.25, 0.3) is 0 Å². The molecule has 2 nitrogen and oxygen atoms in total. The molecule has 14 heavy (non-hydrogen) atoms. The van der Waals surface area contributed by atoms with Gasteiger partial charge >= 0.3 is 5.97 Å². The van der Waals surface area contributed by atoms with E-state index in [4.69, 9.17) is 16.7 Å². The molecule has 1 N–H and O–H groups in total. The third-order valence-electron chi connectivity index (χ3n) is 2.06. The van der Waals surface area contributed by atoms with Gasteiger partial charge in [-0.2, -0.15) is 0 Å². The van der Waals surface area contributed by atoms with Gasteiger partial charge in [0.15, 0.2) is 0 Å². The zero-order valence-electron chi connectivity index (χ0n) is 7.20. The molecule has 0 spiro atoms. The molecule has 0 heterocycles. The number of aromatic carboxylic acids is 1. The molecule has 0 fully saturated rings. The smallest absolute Gasteiger partial charge is 0.336 e. The number of rotatable bonds is 1. The van der Waals surface area contributed by atoms with Crippen LogP contribution in [0.1, 0.15) is 10.4 Å². The second-order valence-electron chi connectivity index (χ2n) is 2.98. The van der Waals surface area contributed by atoms with Crippen molar-refractivity contribution in [2.24, 2.45) is 0 Å². The maximum absolute atomic E-state index is 10.9. The summed E-state index contributed by atoms with van der Waals surface area (Å²) in [6.45, 7) is 0. The lowest BCUT2D eigenvalue weighted by Crippen LogP contribution is -1.97. The minimum Gasteiger partial charge on any atom is -0.478 e. The van der Waals surface area contributed by atoms with Gasteiger partial charge in [0, 0.05) is 5.02 Å². The average Bonchev–Trinajstić information content (AvgIpc) is 2.16. The van der Waals surface area contributed by atoms with E-state index in [0.717, 1.165) is 5.39 Å². The first-order valence-electron chi connectivity index (χ1n) is 4.10. The molecule has 0 saturated carbocycles. The Bertz CT molecular complexity index is 506. The normalized spacial score (nSPS) is 10.4. The Morgan fingerprint density at radius 2 is 1.93 bits per heavy atom. The minimum absolute atomic E-state index is 0.244. The zero-order valence-corrected chi connectivity index (χ0v) is 7.95. The first kappa shape index (κ1) is 9.03. The van der Waals surface area contributed by atoms with Crippen LogP contribution < -0.4 is 0 Å². The van der Waals surface area contributed by atoms with Crippen LogP contribution in [-0.4, -0.2) is 11.1 Å². The van der Waals surface area contributed by atoms with Crippen LogP contribution in [0.5, 0.6) is 0 Å². The summed E-state index contributed by atoms with van der Waals surface area (Å²) in [7, 11) is 0. The maximum atomic E-state index is 10.9. The van der Waals surface area contributed by atoms with E-state index in [1.807, 2.05) is 18.2 Å². The summed E-state index contributed by atoms with van der Waals surface area (Å²) in [5.41, 5.74) is 0.244. The summed E-state index contributed by atoms with van der Waals surface area (Å²) in [5.74, 6) is -0.955. The van der Waals surface area contributed by atoms with Crippen LogP contribution in [0.4, 0.5) is 0 Å². The van der Waals surface area contributed by atoms with Crippen LogP contribution in [0.2, 0.25) is 5.02 Å². The molecule has 70 valence electrons. The van der Waals surface area contributed by atoms with Crippen LogP contribution in [0.15, 0.2) is 36.4 Å². The van der Waals surface area contributed by atoms with E-state index >= 15 is 0 Å². The Morgan fingerprint density at radius 1 is 1.21 bits per heavy atom. The van der Waals surface area contributed by atoms with Crippen molar-refractivity contribution in [3.8, 4) is 0 Å². The van der Waals surface area contributed by atoms with E-state index in [9.17, 15) is 4.79 Å². The van der Waals surface area contributed by atoms with E-state index in [0.29, 0.717) is 10.4 Å². The molecule has 2 rings (SSSR count). The maximum Gasteiger partial charge on any atom is 0.336 e. The van der Waals surface area contributed by atoms with Crippen molar-refractivity contribution in [3.05, 3.63) is 47.0 Å². The first-order valence-corrected chi connectivity index (χ1v) is 4.48. The third-order valence-corrected chi connectivity index (χ3v) is 2.28. The number of halogens is 1. The van der Waals surface area contributed by atoms with Crippen LogP contribution >= 0.6 is 11.6 Å². The molecular formula is C11H7ClO2. The Kier molecular flexibility index (Phi) is 2.14. The van der Waals surface area contributed by atoms with Crippen LogP contribution in [0.3, 0.4) is 0 Å². The molecule has 0 amide bonds. The lowest BCUT2D eigenvalue weighted by Gasteiger charge is -2.02. The van der Waals surface area contributed by atoms with Crippen molar-refractivity contribution in [2.75, 3.05) is 0 Å². The first-order chi connectivity index (χ1) is 6.68. The Labute approximate surface area is 85.7 Å². The largest absolute Gasteiger partial charge is 0.478 e. The summed E-state index contributed by atoms with van der Waals surface area (Å²) in [6.07, 6.45) is 0. The van der Waals surface area contributed by atoms with Crippen molar-refractivity contribution in [1.29, 1.82) is 0 Å². The van der Waals surface area contributed by atoms with E-state index in [1.54, 1.807) is 12.1 Å². The van der Waals surface area contributed by atoms with E-state index in [2.05, 4.69) is 0 Å². The van der Waals surface area contributed by atoms with E-state index in [-0.39, 0.29) is 5.56 Å². The van der Waals surface area contributed by atoms with Gasteiger partial charge in [-0.3, -0.25) is 0 Å². The highest BCUT2D eigenvalue weighted by Gasteiger charge is 2.08. The van der Waals surface area contributed by atoms with Crippen molar-refractivity contribution in [2.45, 2.75) is 0 Å². The van der Waals surface area contributed by atoms with Gasteiger partial charge in [-0.05, 0) is 22.9 Å². The predicted molar refractivity (Wildman–Crippen MR) is 55.9 cm³/mol. The lowest BCUT2D eigenvalue weighted by atomic mass is 10.1. The molecule has 0 unspecified atom stereocenters. The molecule has 0 aliphatic carbocycles. The highest BCUT2D eigenvalue weighted by atomic mass is 35.5. The van der Waals surface area contributed by atoms with Gasteiger partial charge in [0.1, 0.15) is 0 Å². The molecule has 0 aliphatic heterocycles. The summed E-state index contributed by atoms with van der Waals surface area (Å²) in [4.78, 5) is 10.9. The highest BCUT2D eigenvalue weighted by molar-refractivity contribution is 6.32. The van der Waals surface area contributed by atoms with E-state index < -0.39 is 5.97 Å². The number of carboxylic acids is 1. The van der Waals surface area contributed by atoms with Crippen LogP contribution in [-0.2, 0) is 0 Å². The molecule has 2 aromatic rings. The fraction of sp³-hybridized carbons (Fsp3) is 0. The fourth-order valence-electron chi connectivity index (χ4n) is 1.45. The Morgan fingerprint density at radius 3 is 2.64 bits per heavy atom. The number of hydrogen-bond acceptors (Lipinski definition) is 1. The summed E-state index contributed by atoms with van der Waals surface area (Å²) in [5, 5.41) is 11.0. The molecule has 0 aromatic heterocycles. The highest BCUT2D eigenvalue weighted by Crippen LogP contribution is 2.23. The minimum atomic E-state index is -0.955. The molecule has 3 heteroatoms. The quantitative estimate of drug-likeness (QED) is 0.778. The number of fused-ring (bicyclic) bond motifs is 1. The average molecular weight is 207 g/mol. The van der Waals surface area contributed by atoms with Crippen LogP contribution in [0, 0.1) is 0 Å². The number of carboxylic acid groups (broad SMARTS) is 1. The third kappa shape index (κ3) is 1.44. The van der Waals surface area contributed by atoms with Gasteiger partial charge in [0.2, 0.25) is 0 Å². The van der Waals surface area contributed by atoms with Crippen LogP contribution in [0.25, 0.3) is 10.8 Å². The van der Waals surface area contributed by atoms with E-state index in [1.165, 1.54) is 6.07 Å². The molecule has 0 aliphatic rings. The van der Waals surface area contributed by atoms with Crippen molar-refractivity contribution in [1.82, 2.24) is 0 Å². The van der Waals surface area contributed by atoms with Gasteiger partial charge < -0.3 is 5.11 Å². The summed E-state index contributed by atoms with van der Waals surface area (Å²) >= 11 is 5.80. The fourth-order valence-corrected chi connectivity index (χ4v) is 1.68. The monoisotopic (exact) mass is 206 g/mol. The second-order valence-corrected chi connectivity index (χ2v) is 3.42. The number of hydrogen-bond donors (Lipinski definition) is 1. The Hall–Kier alpha value is -1.54.